The topological polar surface area (TPSA) is 46.1 Å². The van der Waals surface area contributed by atoms with Gasteiger partial charge in [0.05, 0.1) is 16.8 Å². The van der Waals surface area contributed by atoms with E-state index in [4.69, 9.17) is 0 Å². The second-order valence-electron chi connectivity index (χ2n) is 4.66. The van der Waals surface area contributed by atoms with Gasteiger partial charge in [-0.3, -0.25) is 9.78 Å². The van der Waals surface area contributed by atoms with E-state index in [1.165, 1.54) is 12.3 Å². The quantitative estimate of drug-likeness (QED) is 0.851. The Hall–Kier alpha value is -1.82. The van der Waals surface area contributed by atoms with Crippen molar-refractivity contribution < 1.29 is 9.18 Å². The molecule has 0 saturated carbocycles. The Morgan fingerprint density at radius 2 is 2.25 bits per heavy atom. The molecule has 20 heavy (non-hydrogen) atoms. The van der Waals surface area contributed by atoms with E-state index < -0.39 is 5.82 Å². The van der Waals surface area contributed by atoms with Crippen LogP contribution in [0.25, 0.3) is 0 Å². The average molecular weight is 293 g/mol. The lowest BCUT2D eigenvalue weighted by atomic mass is 10.2. The van der Waals surface area contributed by atoms with Gasteiger partial charge in [-0.25, -0.2) is 9.37 Å². The van der Waals surface area contributed by atoms with E-state index >= 15 is 0 Å². The van der Waals surface area contributed by atoms with Crippen LogP contribution in [-0.4, -0.2) is 33.4 Å². The van der Waals surface area contributed by atoms with Crippen molar-refractivity contribution in [1.29, 1.82) is 0 Å². The maximum absolute atomic E-state index is 13.2. The molecule has 6 heteroatoms. The van der Waals surface area contributed by atoms with Gasteiger partial charge in [0.2, 0.25) is 0 Å². The number of carbonyl (C=O) groups is 1. The molecule has 0 bridgehead atoms. The number of carbonyl (C=O) groups excluding carboxylic acids is 1. The average Bonchev–Trinajstić information content (AvgIpc) is 2.91. The standard InChI is InChI=1S/C14H16FN3OS/c1-10(2)18(5-3-13-17-4-6-20-13)14(19)11-7-12(15)9-16-8-11/h4,6-10H,3,5H2,1-2H3. The fourth-order valence-corrected chi connectivity index (χ4v) is 2.49. The van der Waals surface area contributed by atoms with Crippen LogP contribution in [0.1, 0.15) is 29.2 Å². The van der Waals surface area contributed by atoms with Crippen molar-refractivity contribution in [2.24, 2.45) is 0 Å². The molecule has 0 radical (unpaired) electrons. The number of pyridine rings is 1. The molecule has 106 valence electrons. The number of halogens is 1. The monoisotopic (exact) mass is 293 g/mol. The van der Waals surface area contributed by atoms with Crippen molar-refractivity contribution in [3.63, 3.8) is 0 Å². The van der Waals surface area contributed by atoms with E-state index in [0.29, 0.717) is 13.0 Å². The summed E-state index contributed by atoms with van der Waals surface area (Å²) in [6.45, 7) is 4.43. The van der Waals surface area contributed by atoms with Crippen LogP contribution in [0.5, 0.6) is 0 Å². The van der Waals surface area contributed by atoms with Crippen LogP contribution in [0.2, 0.25) is 0 Å². The molecule has 2 aromatic rings. The van der Waals surface area contributed by atoms with Crippen LogP contribution in [0.4, 0.5) is 4.39 Å². The molecule has 0 N–H and O–H groups in total. The van der Waals surface area contributed by atoms with Crippen LogP contribution in [-0.2, 0) is 6.42 Å². The van der Waals surface area contributed by atoms with Crippen LogP contribution in [0, 0.1) is 5.82 Å². The Kier molecular flexibility index (Phi) is 4.79. The Labute approximate surface area is 121 Å². The van der Waals surface area contributed by atoms with Gasteiger partial charge in [-0.05, 0) is 19.9 Å². The van der Waals surface area contributed by atoms with Crippen molar-refractivity contribution in [2.75, 3.05) is 6.54 Å². The summed E-state index contributed by atoms with van der Waals surface area (Å²) in [4.78, 5) is 22.0. The van der Waals surface area contributed by atoms with Gasteiger partial charge >= 0.3 is 0 Å². The molecule has 1 amide bonds. The second kappa shape index (κ2) is 6.56. The lowest BCUT2D eigenvalue weighted by Gasteiger charge is -2.26. The summed E-state index contributed by atoms with van der Waals surface area (Å²) in [6, 6.07) is 1.25. The molecule has 0 unspecified atom stereocenters. The number of hydrogen-bond acceptors (Lipinski definition) is 4. The minimum atomic E-state index is -0.500. The Morgan fingerprint density at radius 1 is 1.45 bits per heavy atom. The van der Waals surface area contributed by atoms with E-state index in [-0.39, 0.29) is 17.5 Å². The van der Waals surface area contributed by atoms with Gasteiger partial charge in [0.1, 0.15) is 5.82 Å². The summed E-state index contributed by atoms with van der Waals surface area (Å²) in [5.41, 5.74) is 0.276. The lowest BCUT2D eigenvalue weighted by Crippen LogP contribution is -2.38. The minimum Gasteiger partial charge on any atom is -0.336 e. The fraction of sp³-hybridized carbons (Fsp3) is 0.357. The molecule has 0 atom stereocenters. The summed E-state index contributed by atoms with van der Waals surface area (Å²) in [6.07, 6.45) is 4.93. The van der Waals surface area contributed by atoms with Crippen molar-refractivity contribution >= 4 is 17.2 Å². The molecule has 0 aliphatic heterocycles. The summed E-state index contributed by atoms with van der Waals surface area (Å²) in [5, 5.41) is 2.90. The predicted molar refractivity (Wildman–Crippen MR) is 76.2 cm³/mol. The maximum Gasteiger partial charge on any atom is 0.255 e. The molecular weight excluding hydrogens is 277 g/mol. The Bertz CT molecular complexity index is 572. The highest BCUT2D eigenvalue weighted by Crippen LogP contribution is 2.12. The van der Waals surface area contributed by atoms with E-state index in [1.807, 2.05) is 19.2 Å². The van der Waals surface area contributed by atoms with Crippen molar-refractivity contribution in [1.82, 2.24) is 14.9 Å². The zero-order valence-corrected chi connectivity index (χ0v) is 12.2. The van der Waals surface area contributed by atoms with Crippen LogP contribution in [0.3, 0.4) is 0 Å². The molecular formula is C14H16FN3OS. The second-order valence-corrected chi connectivity index (χ2v) is 5.64. The zero-order chi connectivity index (χ0) is 14.5. The molecule has 0 aromatic carbocycles. The molecule has 0 aliphatic rings. The van der Waals surface area contributed by atoms with Gasteiger partial charge < -0.3 is 4.90 Å². The largest absolute Gasteiger partial charge is 0.336 e. The summed E-state index contributed by atoms with van der Waals surface area (Å²) < 4.78 is 13.2. The van der Waals surface area contributed by atoms with Gasteiger partial charge in [0, 0.05) is 36.8 Å². The summed E-state index contributed by atoms with van der Waals surface area (Å²) in [7, 11) is 0. The number of amides is 1. The van der Waals surface area contributed by atoms with Gasteiger partial charge in [0.15, 0.2) is 0 Å². The number of rotatable bonds is 5. The fourth-order valence-electron chi connectivity index (χ4n) is 1.88. The van der Waals surface area contributed by atoms with Crippen molar-refractivity contribution in [2.45, 2.75) is 26.3 Å². The van der Waals surface area contributed by atoms with E-state index in [2.05, 4.69) is 9.97 Å². The first-order chi connectivity index (χ1) is 9.58. The minimum absolute atomic E-state index is 0.0331. The molecule has 0 aliphatic carbocycles. The normalized spacial score (nSPS) is 10.8. The van der Waals surface area contributed by atoms with Crippen LogP contribution < -0.4 is 0 Å². The molecule has 2 rings (SSSR count). The molecule has 2 aromatic heterocycles. The van der Waals surface area contributed by atoms with Gasteiger partial charge in [-0.1, -0.05) is 0 Å². The molecule has 0 saturated heterocycles. The predicted octanol–water partition coefficient (Wildman–Crippen LogP) is 2.77. The lowest BCUT2D eigenvalue weighted by molar-refractivity contribution is 0.0707. The Morgan fingerprint density at radius 3 is 2.85 bits per heavy atom. The summed E-state index contributed by atoms with van der Waals surface area (Å²) >= 11 is 1.57. The van der Waals surface area contributed by atoms with Crippen molar-refractivity contribution in [3.05, 3.63) is 46.4 Å². The first kappa shape index (κ1) is 14.6. The van der Waals surface area contributed by atoms with Gasteiger partial charge in [-0.15, -0.1) is 11.3 Å². The maximum atomic E-state index is 13.2. The number of thiazole rings is 1. The number of aromatic nitrogens is 2. The van der Waals surface area contributed by atoms with Crippen LogP contribution >= 0.6 is 11.3 Å². The number of hydrogen-bond donors (Lipinski definition) is 0. The molecule has 0 spiro atoms. The highest BCUT2D eigenvalue weighted by atomic mass is 32.1. The molecule has 4 nitrogen and oxygen atoms in total. The highest BCUT2D eigenvalue weighted by Gasteiger charge is 2.19. The van der Waals surface area contributed by atoms with Crippen LogP contribution in [0.15, 0.2) is 30.0 Å². The van der Waals surface area contributed by atoms with E-state index in [9.17, 15) is 9.18 Å². The van der Waals surface area contributed by atoms with Crippen molar-refractivity contribution in [3.8, 4) is 0 Å². The number of nitrogens with zero attached hydrogens (tertiary/aromatic N) is 3. The first-order valence-electron chi connectivity index (χ1n) is 6.38. The summed E-state index contributed by atoms with van der Waals surface area (Å²) in [5.74, 6) is -0.706. The highest BCUT2D eigenvalue weighted by molar-refractivity contribution is 7.09. The zero-order valence-electron chi connectivity index (χ0n) is 11.4. The third kappa shape index (κ3) is 3.60. The van der Waals surface area contributed by atoms with Gasteiger partial charge in [0.25, 0.3) is 5.91 Å². The smallest absolute Gasteiger partial charge is 0.255 e. The molecule has 0 fully saturated rings. The molecule has 2 heterocycles. The first-order valence-corrected chi connectivity index (χ1v) is 7.26. The van der Waals surface area contributed by atoms with E-state index in [1.54, 1.807) is 22.4 Å². The van der Waals surface area contributed by atoms with Gasteiger partial charge in [-0.2, -0.15) is 0 Å². The van der Waals surface area contributed by atoms with E-state index in [0.717, 1.165) is 11.2 Å². The Balaban J connectivity index is 2.09. The third-order valence-corrected chi connectivity index (χ3v) is 3.73. The third-order valence-electron chi connectivity index (χ3n) is 2.89. The SMILES string of the molecule is CC(C)N(CCc1nccs1)C(=O)c1cncc(F)c1.